The van der Waals surface area contributed by atoms with Gasteiger partial charge in [-0.1, -0.05) is 45.0 Å². The Bertz CT molecular complexity index is 547. The van der Waals surface area contributed by atoms with Crippen LogP contribution in [-0.2, 0) is 18.5 Å². The standard InChI is InChI=1S/C15H22N4/c1-5-19-13(10-16)17-18-14(19)11-6-8-12(9-7-11)15(2,3)4/h6-9H,5,10,16H2,1-4H3. The third-order valence-electron chi connectivity index (χ3n) is 3.34. The molecule has 4 heteroatoms. The molecule has 0 atom stereocenters. The molecule has 0 bridgehead atoms. The van der Waals surface area contributed by atoms with Crippen LogP contribution in [0.15, 0.2) is 24.3 Å². The quantitative estimate of drug-likeness (QED) is 0.921. The zero-order chi connectivity index (χ0) is 14.0. The molecule has 0 aliphatic heterocycles. The molecule has 0 amide bonds. The van der Waals surface area contributed by atoms with Crippen molar-refractivity contribution in [3.8, 4) is 11.4 Å². The van der Waals surface area contributed by atoms with Gasteiger partial charge in [0.2, 0.25) is 0 Å². The zero-order valence-electron chi connectivity index (χ0n) is 12.1. The lowest BCUT2D eigenvalue weighted by Crippen LogP contribution is -2.11. The Hall–Kier alpha value is -1.68. The van der Waals surface area contributed by atoms with Crippen LogP contribution in [-0.4, -0.2) is 14.8 Å². The first-order valence-corrected chi connectivity index (χ1v) is 6.70. The minimum absolute atomic E-state index is 0.166. The van der Waals surface area contributed by atoms with Crippen molar-refractivity contribution in [1.29, 1.82) is 0 Å². The summed E-state index contributed by atoms with van der Waals surface area (Å²) in [4.78, 5) is 0. The monoisotopic (exact) mass is 258 g/mol. The first-order valence-electron chi connectivity index (χ1n) is 6.70. The van der Waals surface area contributed by atoms with Gasteiger partial charge >= 0.3 is 0 Å². The molecule has 2 N–H and O–H groups in total. The van der Waals surface area contributed by atoms with E-state index in [0.29, 0.717) is 6.54 Å². The second kappa shape index (κ2) is 5.13. The van der Waals surface area contributed by atoms with Crippen LogP contribution in [0.2, 0.25) is 0 Å². The van der Waals surface area contributed by atoms with E-state index >= 15 is 0 Å². The minimum atomic E-state index is 0.166. The van der Waals surface area contributed by atoms with Crippen LogP contribution >= 0.6 is 0 Å². The molecule has 4 nitrogen and oxygen atoms in total. The van der Waals surface area contributed by atoms with E-state index < -0.39 is 0 Å². The van der Waals surface area contributed by atoms with Gasteiger partial charge < -0.3 is 10.3 Å². The van der Waals surface area contributed by atoms with Crippen LogP contribution in [0.1, 0.15) is 39.1 Å². The first kappa shape index (κ1) is 13.7. The van der Waals surface area contributed by atoms with Crippen molar-refractivity contribution < 1.29 is 0 Å². The van der Waals surface area contributed by atoms with Crippen LogP contribution < -0.4 is 5.73 Å². The number of hydrogen-bond donors (Lipinski definition) is 1. The highest BCUT2D eigenvalue weighted by Crippen LogP contribution is 2.25. The summed E-state index contributed by atoms with van der Waals surface area (Å²) in [5.74, 6) is 1.72. The molecule has 1 aromatic heterocycles. The molecule has 102 valence electrons. The van der Waals surface area contributed by atoms with Crippen molar-refractivity contribution >= 4 is 0 Å². The molecule has 2 aromatic rings. The number of nitrogens with two attached hydrogens (primary N) is 1. The first-order chi connectivity index (χ1) is 8.97. The van der Waals surface area contributed by atoms with Gasteiger partial charge in [-0.3, -0.25) is 0 Å². The molecule has 0 unspecified atom stereocenters. The van der Waals surface area contributed by atoms with Crippen molar-refractivity contribution in [1.82, 2.24) is 14.8 Å². The number of benzene rings is 1. The Labute approximate surface area is 114 Å². The Kier molecular flexibility index (Phi) is 3.71. The van der Waals surface area contributed by atoms with Gasteiger partial charge in [0.1, 0.15) is 5.82 Å². The molecule has 0 saturated heterocycles. The largest absolute Gasteiger partial charge is 0.324 e. The highest BCUT2D eigenvalue weighted by Gasteiger charge is 2.15. The van der Waals surface area contributed by atoms with E-state index in [0.717, 1.165) is 23.8 Å². The molecule has 19 heavy (non-hydrogen) atoms. The highest BCUT2D eigenvalue weighted by atomic mass is 15.3. The van der Waals surface area contributed by atoms with E-state index in [9.17, 15) is 0 Å². The van der Waals surface area contributed by atoms with E-state index in [-0.39, 0.29) is 5.41 Å². The van der Waals surface area contributed by atoms with E-state index in [4.69, 9.17) is 5.73 Å². The highest BCUT2D eigenvalue weighted by molar-refractivity contribution is 5.56. The predicted octanol–water partition coefficient (Wildman–Crippen LogP) is 2.72. The van der Waals surface area contributed by atoms with Crippen molar-refractivity contribution in [2.24, 2.45) is 5.73 Å². The van der Waals surface area contributed by atoms with Crippen molar-refractivity contribution in [3.63, 3.8) is 0 Å². The number of rotatable bonds is 3. The second-order valence-corrected chi connectivity index (χ2v) is 5.72. The summed E-state index contributed by atoms with van der Waals surface area (Å²) in [7, 11) is 0. The van der Waals surface area contributed by atoms with Crippen molar-refractivity contribution in [3.05, 3.63) is 35.7 Å². The summed E-state index contributed by atoms with van der Waals surface area (Å²) in [6.45, 7) is 9.96. The van der Waals surface area contributed by atoms with E-state index in [1.807, 2.05) is 0 Å². The molecule has 0 spiro atoms. The molecule has 2 rings (SSSR count). The van der Waals surface area contributed by atoms with Gasteiger partial charge in [0, 0.05) is 12.1 Å². The van der Waals surface area contributed by atoms with Gasteiger partial charge in [0.15, 0.2) is 5.82 Å². The van der Waals surface area contributed by atoms with Gasteiger partial charge in [-0.25, -0.2) is 0 Å². The molecular weight excluding hydrogens is 236 g/mol. The maximum Gasteiger partial charge on any atom is 0.163 e. The summed E-state index contributed by atoms with van der Waals surface area (Å²) in [6.07, 6.45) is 0. The zero-order valence-corrected chi connectivity index (χ0v) is 12.1. The van der Waals surface area contributed by atoms with Crippen LogP contribution in [0, 0.1) is 0 Å². The number of aromatic nitrogens is 3. The topological polar surface area (TPSA) is 56.7 Å². The summed E-state index contributed by atoms with van der Waals surface area (Å²) >= 11 is 0. The van der Waals surface area contributed by atoms with E-state index in [1.54, 1.807) is 0 Å². The third kappa shape index (κ3) is 2.68. The Balaban J connectivity index is 2.40. The molecule has 0 aliphatic rings. The van der Waals surface area contributed by atoms with Gasteiger partial charge in [-0.15, -0.1) is 10.2 Å². The van der Waals surface area contributed by atoms with Gasteiger partial charge in [0.25, 0.3) is 0 Å². The molecule has 0 fully saturated rings. The lowest BCUT2D eigenvalue weighted by molar-refractivity contribution is 0.590. The second-order valence-electron chi connectivity index (χ2n) is 5.72. The van der Waals surface area contributed by atoms with Crippen molar-refractivity contribution in [2.75, 3.05) is 0 Å². The molecule has 1 heterocycles. The molecule has 0 aliphatic carbocycles. The molecular formula is C15H22N4. The fraction of sp³-hybridized carbons (Fsp3) is 0.467. The summed E-state index contributed by atoms with van der Waals surface area (Å²) < 4.78 is 2.06. The normalized spacial score (nSPS) is 11.8. The maximum atomic E-state index is 5.68. The third-order valence-corrected chi connectivity index (χ3v) is 3.34. The lowest BCUT2D eigenvalue weighted by atomic mass is 9.87. The summed E-state index contributed by atoms with van der Waals surface area (Å²) in [5.41, 5.74) is 8.24. The summed E-state index contributed by atoms with van der Waals surface area (Å²) in [6, 6.07) is 8.53. The predicted molar refractivity (Wildman–Crippen MR) is 77.7 cm³/mol. The minimum Gasteiger partial charge on any atom is -0.324 e. The smallest absolute Gasteiger partial charge is 0.163 e. The fourth-order valence-corrected chi connectivity index (χ4v) is 2.15. The Morgan fingerprint density at radius 3 is 2.21 bits per heavy atom. The van der Waals surface area contributed by atoms with Crippen LogP contribution in [0.5, 0.6) is 0 Å². The van der Waals surface area contributed by atoms with Gasteiger partial charge in [-0.2, -0.15) is 0 Å². The summed E-state index contributed by atoms with van der Waals surface area (Å²) in [5, 5.41) is 8.39. The number of nitrogens with zero attached hydrogens (tertiary/aromatic N) is 3. The molecule has 0 saturated carbocycles. The average molecular weight is 258 g/mol. The van der Waals surface area contributed by atoms with Crippen LogP contribution in [0.4, 0.5) is 0 Å². The Morgan fingerprint density at radius 1 is 1.11 bits per heavy atom. The lowest BCUT2D eigenvalue weighted by Gasteiger charge is -2.19. The van der Waals surface area contributed by atoms with Crippen LogP contribution in [0.3, 0.4) is 0 Å². The molecule has 1 aromatic carbocycles. The van der Waals surface area contributed by atoms with E-state index in [2.05, 4.69) is 66.7 Å². The van der Waals surface area contributed by atoms with Crippen molar-refractivity contribution in [2.45, 2.75) is 46.2 Å². The molecule has 0 radical (unpaired) electrons. The Morgan fingerprint density at radius 2 is 1.74 bits per heavy atom. The fourth-order valence-electron chi connectivity index (χ4n) is 2.15. The number of hydrogen-bond acceptors (Lipinski definition) is 3. The average Bonchev–Trinajstić information content (AvgIpc) is 2.80. The van der Waals surface area contributed by atoms with Crippen LogP contribution in [0.25, 0.3) is 11.4 Å². The van der Waals surface area contributed by atoms with Gasteiger partial charge in [-0.05, 0) is 17.9 Å². The maximum absolute atomic E-state index is 5.68. The van der Waals surface area contributed by atoms with E-state index in [1.165, 1.54) is 5.56 Å². The SMILES string of the molecule is CCn1c(CN)nnc1-c1ccc(C(C)(C)C)cc1. The van der Waals surface area contributed by atoms with Gasteiger partial charge in [0.05, 0.1) is 6.54 Å².